The monoisotopic (exact) mass is 354 g/mol. The summed E-state index contributed by atoms with van der Waals surface area (Å²) in [6, 6.07) is 9.42. The van der Waals surface area contributed by atoms with Crippen LogP contribution in [-0.4, -0.2) is 46.1 Å². The minimum Gasteiger partial charge on any atom is -0.479 e. The maximum Gasteiger partial charge on any atom is 0.267 e. The van der Waals surface area contributed by atoms with Crippen molar-refractivity contribution in [1.29, 1.82) is 0 Å². The molecule has 1 N–H and O–H groups in total. The third-order valence-corrected chi connectivity index (χ3v) is 5.08. The van der Waals surface area contributed by atoms with Crippen LogP contribution in [0.2, 0.25) is 0 Å². The summed E-state index contributed by atoms with van der Waals surface area (Å²) >= 11 is 0. The third-order valence-electron chi connectivity index (χ3n) is 5.08. The van der Waals surface area contributed by atoms with E-state index in [4.69, 9.17) is 4.74 Å². The maximum atomic E-state index is 12.8. The van der Waals surface area contributed by atoms with Gasteiger partial charge in [0.2, 0.25) is 5.91 Å². The summed E-state index contributed by atoms with van der Waals surface area (Å²) < 4.78 is 5.65. The molecule has 2 amide bonds. The van der Waals surface area contributed by atoms with Crippen molar-refractivity contribution < 1.29 is 14.3 Å². The quantitative estimate of drug-likeness (QED) is 0.914. The third kappa shape index (κ3) is 2.94. The van der Waals surface area contributed by atoms with Crippen molar-refractivity contribution in [2.45, 2.75) is 38.3 Å². The number of nitrogens with one attached hydrogen (secondary N) is 1. The molecule has 4 rings (SSSR count). The summed E-state index contributed by atoms with van der Waals surface area (Å²) in [6.45, 7) is 2.84. The smallest absolute Gasteiger partial charge is 0.267 e. The van der Waals surface area contributed by atoms with Crippen molar-refractivity contribution >= 4 is 17.5 Å². The maximum absolute atomic E-state index is 12.8. The SMILES string of the molecule is CC1Oc2ccccc2N(CCC(=O)N2CCCC2c2ccn[nH]2)C1=O. The zero-order chi connectivity index (χ0) is 18.1. The molecule has 1 saturated heterocycles. The van der Waals surface area contributed by atoms with E-state index < -0.39 is 6.10 Å². The first-order chi connectivity index (χ1) is 12.6. The average molecular weight is 354 g/mol. The van der Waals surface area contributed by atoms with Gasteiger partial charge in [0, 0.05) is 25.7 Å². The normalized spacial score (nSPS) is 22.3. The van der Waals surface area contributed by atoms with Crippen LogP contribution in [0.1, 0.15) is 37.9 Å². The van der Waals surface area contributed by atoms with Crippen LogP contribution in [0, 0.1) is 0 Å². The van der Waals surface area contributed by atoms with E-state index in [1.165, 1.54) is 0 Å². The molecule has 0 saturated carbocycles. The van der Waals surface area contributed by atoms with E-state index in [9.17, 15) is 9.59 Å². The zero-order valence-corrected chi connectivity index (χ0v) is 14.7. The van der Waals surface area contributed by atoms with Crippen molar-refractivity contribution in [2.24, 2.45) is 0 Å². The molecule has 7 heteroatoms. The van der Waals surface area contributed by atoms with Crippen molar-refractivity contribution in [1.82, 2.24) is 15.1 Å². The Kier molecular flexibility index (Phi) is 4.36. The number of carbonyl (C=O) groups is 2. The number of carbonyl (C=O) groups excluding carboxylic acids is 2. The minimum atomic E-state index is -0.537. The molecule has 26 heavy (non-hydrogen) atoms. The van der Waals surface area contributed by atoms with E-state index >= 15 is 0 Å². The van der Waals surface area contributed by atoms with Gasteiger partial charge >= 0.3 is 0 Å². The van der Waals surface area contributed by atoms with Crippen LogP contribution in [-0.2, 0) is 9.59 Å². The topological polar surface area (TPSA) is 78.5 Å². The number of benzene rings is 1. The Balaban J connectivity index is 1.47. The molecule has 7 nitrogen and oxygen atoms in total. The van der Waals surface area contributed by atoms with Gasteiger partial charge in [-0.3, -0.25) is 14.7 Å². The highest BCUT2D eigenvalue weighted by Gasteiger charge is 2.34. The Hall–Kier alpha value is -2.83. The molecule has 1 fully saturated rings. The van der Waals surface area contributed by atoms with Crippen molar-refractivity contribution in [3.05, 3.63) is 42.2 Å². The van der Waals surface area contributed by atoms with Crippen LogP contribution < -0.4 is 9.64 Å². The lowest BCUT2D eigenvalue weighted by Gasteiger charge is -2.33. The summed E-state index contributed by atoms with van der Waals surface area (Å²) in [7, 11) is 0. The Morgan fingerprint density at radius 3 is 3.00 bits per heavy atom. The highest BCUT2D eigenvalue weighted by Crippen LogP contribution is 2.34. The molecule has 0 aliphatic carbocycles. The first-order valence-corrected chi connectivity index (χ1v) is 9.01. The number of aromatic amines is 1. The van der Waals surface area contributed by atoms with Gasteiger partial charge in [0.05, 0.1) is 17.4 Å². The Morgan fingerprint density at radius 2 is 2.19 bits per heavy atom. The van der Waals surface area contributed by atoms with Crippen molar-refractivity contribution in [2.75, 3.05) is 18.0 Å². The zero-order valence-electron chi connectivity index (χ0n) is 14.7. The van der Waals surface area contributed by atoms with Gasteiger partial charge in [0.15, 0.2) is 6.10 Å². The Labute approximate surface area is 151 Å². The van der Waals surface area contributed by atoms with E-state index in [0.717, 1.165) is 30.8 Å². The summed E-state index contributed by atoms with van der Waals surface area (Å²) in [5.41, 5.74) is 1.70. The lowest BCUT2D eigenvalue weighted by atomic mass is 10.1. The van der Waals surface area contributed by atoms with Crippen LogP contribution in [0.25, 0.3) is 0 Å². The molecule has 136 valence electrons. The van der Waals surface area contributed by atoms with Crippen LogP contribution >= 0.6 is 0 Å². The summed E-state index contributed by atoms with van der Waals surface area (Å²) in [5.74, 6) is 0.637. The second kappa shape index (κ2) is 6.82. The predicted molar refractivity (Wildman–Crippen MR) is 95.8 cm³/mol. The van der Waals surface area contributed by atoms with E-state index in [1.807, 2.05) is 35.2 Å². The van der Waals surface area contributed by atoms with Gasteiger partial charge in [-0.25, -0.2) is 0 Å². The molecule has 3 heterocycles. The number of fused-ring (bicyclic) bond motifs is 1. The summed E-state index contributed by atoms with van der Waals surface area (Å²) in [5, 5.41) is 6.96. The molecular formula is C19H22N4O3. The van der Waals surface area contributed by atoms with Crippen molar-refractivity contribution in [3.8, 4) is 5.75 Å². The number of H-pyrrole nitrogens is 1. The number of anilines is 1. The van der Waals surface area contributed by atoms with E-state index in [1.54, 1.807) is 18.0 Å². The average Bonchev–Trinajstić information content (AvgIpc) is 3.33. The lowest BCUT2D eigenvalue weighted by molar-refractivity contribution is -0.132. The first-order valence-electron chi connectivity index (χ1n) is 9.01. The van der Waals surface area contributed by atoms with Gasteiger partial charge in [-0.15, -0.1) is 0 Å². The molecule has 2 aliphatic rings. The first kappa shape index (κ1) is 16.6. The fourth-order valence-corrected chi connectivity index (χ4v) is 3.78. The number of rotatable bonds is 4. The fourth-order valence-electron chi connectivity index (χ4n) is 3.78. The highest BCUT2D eigenvalue weighted by atomic mass is 16.5. The van der Waals surface area contributed by atoms with Crippen LogP contribution in [0.15, 0.2) is 36.5 Å². The molecule has 0 radical (unpaired) electrons. The second-order valence-electron chi connectivity index (χ2n) is 6.72. The van der Waals surface area contributed by atoms with Gasteiger partial charge in [-0.1, -0.05) is 12.1 Å². The van der Waals surface area contributed by atoms with Gasteiger partial charge in [0.25, 0.3) is 5.91 Å². The Morgan fingerprint density at radius 1 is 1.35 bits per heavy atom. The molecule has 2 aliphatic heterocycles. The molecule has 2 unspecified atom stereocenters. The number of likely N-dealkylation sites (tertiary alicyclic amines) is 1. The van der Waals surface area contributed by atoms with Crippen LogP contribution in [0.4, 0.5) is 5.69 Å². The summed E-state index contributed by atoms with van der Waals surface area (Å²) in [4.78, 5) is 28.9. The molecule has 1 aromatic carbocycles. The number of hydrogen-bond donors (Lipinski definition) is 1. The van der Waals surface area contributed by atoms with Crippen molar-refractivity contribution in [3.63, 3.8) is 0 Å². The molecule has 1 aromatic heterocycles. The molecule has 0 spiro atoms. The highest BCUT2D eigenvalue weighted by molar-refractivity contribution is 6.00. The Bertz CT molecular complexity index is 805. The largest absolute Gasteiger partial charge is 0.479 e. The van der Waals surface area contributed by atoms with Gasteiger partial charge in [0.1, 0.15) is 5.75 Å². The number of ether oxygens (including phenoxy) is 1. The lowest BCUT2D eigenvalue weighted by Crippen LogP contribution is -2.46. The molecule has 2 aromatic rings. The van der Waals surface area contributed by atoms with Gasteiger partial charge in [-0.2, -0.15) is 5.10 Å². The number of aromatic nitrogens is 2. The van der Waals surface area contributed by atoms with E-state index in [2.05, 4.69) is 10.2 Å². The molecule has 2 atom stereocenters. The number of nitrogens with zero attached hydrogens (tertiary/aromatic N) is 3. The van der Waals surface area contributed by atoms with E-state index in [0.29, 0.717) is 12.3 Å². The second-order valence-corrected chi connectivity index (χ2v) is 6.72. The number of para-hydroxylation sites is 2. The predicted octanol–water partition coefficient (Wildman–Crippen LogP) is 2.28. The number of amides is 2. The summed E-state index contributed by atoms with van der Waals surface area (Å²) in [6.07, 6.45) is 3.37. The van der Waals surface area contributed by atoms with E-state index in [-0.39, 0.29) is 24.3 Å². The molecule has 0 bridgehead atoms. The van der Waals surface area contributed by atoms with Crippen LogP contribution in [0.5, 0.6) is 5.75 Å². The standard InChI is InChI=1S/C19H22N4O3/c1-13-19(25)23(16-5-2-3-7-17(16)26-13)12-9-18(24)22-11-4-6-15(22)14-8-10-20-21-14/h2-3,5,7-8,10,13,15H,4,6,9,11-12H2,1H3,(H,20,21). The van der Waals surface area contributed by atoms with Gasteiger partial charge < -0.3 is 14.5 Å². The number of hydrogen-bond acceptors (Lipinski definition) is 4. The van der Waals surface area contributed by atoms with Crippen LogP contribution in [0.3, 0.4) is 0 Å². The van der Waals surface area contributed by atoms with Gasteiger partial charge in [-0.05, 0) is 38.0 Å². The fraction of sp³-hybridized carbons (Fsp3) is 0.421. The minimum absolute atomic E-state index is 0.0524. The molecular weight excluding hydrogens is 332 g/mol.